The van der Waals surface area contributed by atoms with Crippen LogP contribution in [-0.4, -0.2) is 56.8 Å². The van der Waals surface area contributed by atoms with E-state index >= 15 is 0 Å². The highest BCUT2D eigenvalue weighted by atomic mass is 16.6. The van der Waals surface area contributed by atoms with Gasteiger partial charge in [0, 0.05) is 43.2 Å². The van der Waals surface area contributed by atoms with Gasteiger partial charge in [-0.05, 0) is 43.4 Å². The van der Waals surface area contributed by atoms with E-state index in [0.717, 1.165) is 29.9 Å². The predicted octanol–water partition coefficient (Wildman–Crippen LogP) is 2.81. The van der Waals surface area contributed by atoms with Crippen molar-refractivity contribution < 1.29 is 14.3 Å². The molecule has 2 aromatic rings. The molecule has 1 aliphatic rings. The Hall–Kier alpha value is -3.76. The van der Waals surface area contributed by atoms with Gasteiger partial charge in [-0.2, -0.15) is 0 Å². The molecule has 2 aromatic carbocycles. The Morgan fingerprint density at radius 1 is 1.25 bits per heavy atom. The molecule has 0 aliphatic carbocycles. The Kier molecular flexibility index (Phi) is 9.33. The Morgan fingerprint density at radius 3 is 2.62 bits per heavy atom. The van der Waals surface area contributed by atoms with Crippen molar-refractivity contribution in [3.8, 4) is 24.3 Å². The van der Waals surface area contributed by atoms with Gasteiger partial charge in [0.15, 0.2) is 23.4 Å². The van der Waals surface area contributed by atoms with Crippen molar-refractivity contribution in [1.82, 2.24) is 4.90 Å². The number of nitrogens with one attached hydrogen (secondary N) is 2. The van der Waals surface area contributed by atoms with Crippen molar-refractivity contribution in [2.24, 2.45) is 5.73 Å². The van der Waals surface area contributed by atoms with E-state index in [4.69, 9.17) is 20.6 Å². The number of allylic oxidation sites excluding steroid dienone is 1. The molecule has 0 saturated heterocycles. The summed E-state index contributed by atoms with van der Waals surface area (Å²) in [7, 11) is 4.01. The molecule has 4 N–H and O–H groups in total. The number of anilines is 1. The van der Waals surface area contributed by atoms with Crippen LogP contribution in [0.1, 0.15) is 11.1 Å². The van der Waals surface area contributed by atoms with Crippen molar-refractivity contribution in [1.29, 1.82) is 5.41 Å². The van der Waals surface area contributed by atoms with Crippen LogP contribution in [0.4, 0.5) is 5.69 Å². The number of ketones is 1. The second-order valence-corrected chi connectivity index (χ2v) is 7.38. The average molecular weight is 435 g/mol. The fourth-order valence-corrected chi connectivity index (χ4v) is 3.20. The minimum absolute atomic E-state index is 0.0467. The van der Waals surface area contributed by atoms with Gasteiger partial charge in [-0.3, -0.25) is 4.79 Å². The normalized spacial score (nSPS) is 14.8. The zero-order valence-electron chi connectivity index (χ0n) is 18.5. The van der Waals surface area contributed by atoms with E-state index in [0.29, 0.717) is 17.1 Å². The Labute approximate surface area is 189 Å². The molecule has 0 spiro atoms. The molecule has 1 atom stereocenters. The van der Waals surface area contributed by atoms with E-state index in [2.05, 4.69) is 23.1 Å². The lowest BCUT2D eigenvalue weighted by atomic mass is 9.98. The standard InChI is InChI=1S/C23H28N4O3.C2H2/c1-27(2)10-9-26-19-11-16(18(13-24)14-25)7-8-17(19)12-20(28)23-15-29-21-5-3-4-6-22(21)30-23;1-2/h3-8,11,13-14,23-24,26H,9-10,12,15,25H2,1-2H3;1-2H/b18-14+,24-13?;. The summed E-state index contributed by atoms with van der Waals surface area (Å²) < 4.78 is 11.5. The van der Waals surface area contributed by atoms with Gasteiger partial charge in [0.25, 0.3) is 0 Å². The van der Waals surface area contributed by atoms with Gasteiger partial charge < -0.3 is 30.8 Å². The first-order valence-corrected chi connectivity index (χ1v) is 10.2. The topological polar surface area (TPSA) is 101 Å². The molecule has 7 nitrogen and oxygen atoms in total. The van der Waals surface area contributed by atoms with Crippen LogP contribution in [0.25, 0.3) is 5.57 Å². The minimum Gasteiger partial charge on any atom is -0.485 e. The summed E-state index contributed by atoms with van der Waals surface area (Å²) in [6, 6.07) is 13.0. The van der Waals surface area contributed by atoms with E-state index in [1.165, 1.54) is 12.4 Å². The molecule has 1 unspecified atom stereocenters. The molecule has 32 heavy (non-hydrogen) atoms. The molecule has 0 aromatic heterocycles. The Bertz CT molecular complexity index is 982. The number of hydrogen-bond acceptors (Lipinski definition) is 7. The second kappa shape index (κ2) is 12.2. The van der Waals surface area contributed by atoms with Gasteiger partial charge in [-0.15, -0.1) is 12.8 Å². The van der Waals surface area contributed by atoms with Crippen LogP contribution in [0.15, 0.2) is 48.7 Å². The van der Waals surface area contributed by atoms with Gasteiger partial charge in [-0.1, -0.05) is 24.3 Å². The first-order chi connectivity index (χ1) is 15.5. The lowest BCUT2D eigenvalue weighted by Crippen LogP contribution is -2.37. The number of nitrogens with zero attached hydrogens (tertiary/aromatic N) is 1. The number of ether oxygens (including phenoxy) is 2. The average Bonchev–Trinajstić information content (AvgIpc) is 2.82. The number of para-hydroxylation sites is 2. The number of benzene rings is 2. The highest BCUT2D eigenvalue weighted by Gasteiger charge is 2.27. The van der Waals surface area contributed by atoms with E-state index < -0.39 is 6.10 Å². The number of hydrogen-bond donors (Lipinski definition) is 3. The summed E-state index contributed by atoms with van der Waals surface area (Å²) in [5.74, 6) is 1.20. The second-order valence-electron chi connectivity index (χ2n) is 7.38. The van der Waals surface area contributed by atoms with E-state index in [1.807, 2.05) is 50.5 Å². The molecule has 0 radical (unpaired) electrons. The summed E-state index contributed by atoms with van der Waals surface area (Å²) in [5, 5.41) is 10.9. The molecule has 3 rings (SSSR count). The van der Waals surface area contributed by atoms with E-state index in [-0.39, 0.29) is 18.8 Å². The maximum atomic E-state index is 12.9. The third kappa shape index (κ3) is 6.37. The number of fused-ring (bicyclic) bond motifs is 1. The zero-order valence-corrected chi connectivity index (χ0v) is 18.5. The lowest BCUT2D eigenvalue weighted by Gasteiger charge is -2.25. The highest BCUT2D eigenvalue weighted by Crippen LogP contribution is 2.31. The molecule has 1 heterocycles. The van der Waals surface area contributed by atoms with Crippen molar-refractivity contribution >= 4 is 23.3 Å². The Balaban J connectivity index is 0.00000176. The number of rotatable bonds is 9. The Morgan fingerprint density at radius 2 is 1.97 bits per heavy atom. The summed E-state index contributed by atoms with van der Waals surface area (Å²) >= 11 is 0. The summed E-state index contributed by atoms with van der Waals surface area (Å²) in [4.78, 5) is 15.0. The maximum absolute atomic E-state index is 12.9. The molecule has 168 valence electrons. The third-order valence-corrected chi connectivity index (χ3v) is 4.89. The highest BCUT2D eigenvalue weighted by molar-refractivity contribution is 6.08. The molecule has 0 saturated carbocycles. The summed E-state index contributed by atoms with van der Waals surface area (Å²) in [6.45, 7) is 1.77. The van der Waals surface area contributed by atoms with Crippen molar-refractivity contribution in [2.45, 2.75) is 12.5 Å². The number of carbonyl (C=O) groups excluding carboxylic acids is 1. The SMILES string of the molecule is C#C.CN(C)CCNc1cc(/C(C=N)=C/N)ccc1CC(=O)C1COc2ccccc2O1. The molecule has 0 amide bonds. The predicted molar refractivity (Wildman–Crippen MR) is 129 cm³/mol. The number of likely N-dealkylation sites (N-methyl/N-ethyl adjacent to an activating group) is 1. The number of carbonyl (C=O) groups is 1. The zero-order chi connectivity index (χ0) is 23.5. The van der Waals surface area contributed by atoms with E-state index in [9.17, 15) is 4.79 Å². The largest absolute Gasteiger partial charge is 0.485 e. The fourth-order valence-electron chi connectivity index (χ4n) is 3.20. The van der Waals surface area contributed by atoms with Crippen LogP contribution in [0, 0.1) is 18.3 Å². The number of nitrogens with two attached hydrogens (primary N) is 1. The first-order valence-electron chi connectivity index (χ1n) is 10.2. The monoisotopic (exact) mass is 434 g/mol. The van der Waals surface area contributed by atoms with Crippen molar-refractivity contribution in [3.63, 3.8) is 0 Å². The first kappa shape index (κ1) is 24.5. The van der Waals surface area contributed by atoms with Crippen LogP contribution in [0.3, 0.4) is 0 Å². The maximum Gasteiger partial charge on any atom is 0.191 e. The minimum atomic E-state index is -0.643. The van der Waals surface area contributed by atoms with Crippen LogP contribution in [-0.2, 0) is 11.2 Å². The van der Waals surface area contributed by atoms with Gasteiger partial charge >= 0.3 is 0 Å². The lowest BCUT2D eigenvalue weighted by molar-refractivity contribution is -0.127. The quantitative estimate of drug-likeness (QED) is 0.415. The van der Waals surface area contributed by atoms with Crippen molar-refractivity contribution in [2.75, 3.05) is 39.1 Å². The van der Waals surface area contributed by atoms with Gasteiger partial charge in [-0.25, -0.2) is 0 Å². The van der Waals surface area contributed by atoms with Gasteiger partial charge in [0.1, 0.15) is 6.61 Å². The number of Topliss-reactive ketones (excluding diaryl/α,β-unsaturated/α-hetero) is 1. The molecule has 1 aliphatic heterocycles. The van der Waals surface area contributed by atoms with Crippen molar-refractivity contribution in [3.05, 3.63) is 59.8 Å². The van der Waals surface area contributed by atoms with Crippen LogP contribution >= 0.6 is 0 Å². The summed E-state index contributed by atoms with van der Waals surface area (Å²) in [6.07, 6.45) is 10.2. The molecular weight excluding hydrogens is 404 g/mol. The van der Waals surface area contributed by atoms with Crippen LogP contribution in [0.2, 0.25) is 0 Å². The summed E-state index contributed by atoms with van der Waals surface area (Å²) in [5.41, 5.74) is 8.79. The fraction of sp³-hybridized carbons (Fsp3) is 0.280. The molecule has 0 fully saturated rings. The number of terminal acetylenes is 1. The smallest absolute Gasteiger partial charge is 0.191 e. The third-order valence-electron chi connectivity index (χ3n) is 4.89. The molecule has 0 bridgehead atoms. The van der Waals surface area contributed by atoms with Crippen LogP contribution in [0.5, 0.6) is 11.5 Å². The van der Waals surface area contributed by atoms with Crippen LogP contribution < -0.4 is 20.5 Å². The van der Waals surface area contributed by atoms with E-state index in [1.54, 1.807) is 6.07 Å². The van der Waals surface area contributed by atoms with Gasteiger partial charge in [0.2, 0.25) is 0 Å². The van der Waals surface area contributed by atoms with Gasteiger partial charge in [0.05, 0.1) is 0 Å². The molecular formula is C25H30N4O3. The molecule has 7 heteroatoms.